The highest BCUT2D eigenvalue weighted by molar-refractivity contribution is 6.31. The molecule has 0 radical (unpaired) electrons. The van der Waals surface area contributed by atoms with Gasteiger partial charge in [-0.15, -0.1) is 0 Å². The Morgan fingerprint density at radius 1 is 1.23 bits per heavy atom. The molecule has 2 amide bonds. The molecule has 0 aromatic heterocycles. The van der Waals surface area contributed by atoms with E-state index < -0.39 is 0 Å². The van der Waals surface area contributed by atoms with Crippen LogP contribution in [-0.4, -0.2) is 48.6 Å². The number of carbonyl (C=O) groups is 1. The number of ether oxygens (including phenoxy) is 1. The molecule has 1 saturated carbocycles. The maximum atomic E-state index is 13.3. The van der Waals surface area contributed by atoms with E-state index in [0.29, 0.717) is 18.2 Å². The van der Waals surface area contributed by atoms with Crippen LogP contribution in [-0.2, 0) is 6.54 Å². The van der Waals surface area contributed by atoms with Crippen molar-refractivity contribution in [3.8, 4) is 5.75 Å². The summed E-state index contributed by atoms with van der Waals surface area (Å²) in [5, 5.41) is 3.48. The smallest absolute Gasteiger partial charge is 0.321 e. The molecule has 1 heterocycles. The lowest BCUT2D eigenvalue weighted by Crippen LogP contribution is -2.43. The molecule has 2 aromatic carbocycles. The van der Waals surface area contributed by atoms with Crippen LogP contribution in [0, 0.1) is 11.7 Å². The van der Waals surface area contributed by atoms with Gasteiger partial charge < -0.3 is 15.0 Å². The monoisotopic (exact) mass is 445 g/mol. The molecule has 0 atom stereocenters. The third kappa shape index (κ3) is 5.89. The van der Waals surface area contributed by atoms with E-state index in [1.165, 1.54) is 25.0 Å². The highest BCUT2D eigenvalue weighted by atomic mass is 35.5. The zero-order valence-electron chi connectivity index (χ0n) is 17.8. The maximum Gasteiger partial charge on any atom is 0.321 e. The van der Waals surface area contributed by atoms with Gasteiger partial charge in [-0.3, -0.25) is 4.90 Å². The van der Waals surface area contributed by atoms with Crippen molar-refractivity contribution in [1.29, 1.82) is 0 Å². The molecule has 0 bridgehead atoms. The lowest BCUT2D eigenvalue weighted by molar-refractivity contribution is 0.0532. The first-order valence-electron chi connectivity index (χ1n) is 10.9. The number of rotatable bonds is 7. The minimum Gasteiger partial charge on any atom is -0.490 e. The molecule has 1 saturated heterocycles. The average molecular weight is 446 g/mol. The van der Waals surface area contributed by atoms with Gasteiger partial charge in [0.05, 0.1) is 6.10 Å². The lowest BCUT2D eigenvalue weighted by atomic mass is 9.82. The molecule has 4 rings (SSSR count). The summed E-state index contributed by atoms with van der Waals surface area (Å²) in [6.45, 7) is 3.82. The van der Waals surface area contributed by atoms with Crippen molar-refractivity contribution >= 4 is 23.3 Å². The molecule has 5 nitrogen and oxygen atoms in total. The van der Waals surface area contributed by atoms with Gasteiger partial charge in [0.1, 0.15) is 11.6 Å². The van der Waals surface area contributed by atoms with Crippen molar-refractivity contribution in [2.75, 3.05) is 32.0 Å². The van der Waals surface area contributed by atoms with Crippen LogP contribution >= 0.6 is 11.6 Å². The first-order chi connectivity index (χ1) is 15.0. The van der Waals surface area contributed by atoms with Gasteiger partial charge in [0.15, 0.2) is 0 Å². The highest BCUT2D eigenvalue weighted by Crippen LogP contribution is 2.33. The molecule has 0 unspecified atom stereocenters. The standard InChI is InChI=1S/C24H29ClFN3O2/c1-28(24(30)27-20-6-4-5-19(26)13-20)15-17-11-22(12-17)31-21-8-7-18(23(25)14-21)16-29-9-2-3-10-29/h4-8,13-14,17,22H,2-3,9-12,15-16H2,1H3,(H,27,30). The van der Waals surface area contributed by atoms with Gasteiger partial charge in [-0.05, 0) is 80.6 Å². The number of urea groups is 1. The predicted molar refractivity (Wildman–Crippen MR) is 121 cm³/mol. The van der Waals surface area contributed by atoms with Gasteiger partial charge in [-0.1, -0.05) is 23.7 Å². The molecule has 1 aliphatic carbocycles. The fourth-order valence-electron chi connectivity index (χ4n) is 4.28. The average Bonchev–Trinajstić information content (AvgIpc) is 3.21. The normalized spacial score (nSPS) is 20.9. The van der Waals surface area contributed by atoms with Crippen molar-refractivity contribution < 1.29 is 13.9 Å². The molecule has 2 aromatic rings. The van der Waals surface area contributed by atoms with E-state index >= 15 is 0 Å². The molecule has 0 spiro atoms. The number of benzene rings is 2. The molecule has 2 fully saturated rings. The quantitative estimate of drug-likeness (QED) is 0.620. The predicted octanol–water partition coefficient (Wildman–Crippen LogP) is 5.40. The Kier molecular flexibility index (Phi) is 6.98. The first-order valence-corrected chi connectivity index (χ1v) is 11.3. The summed E-state index contributed by atoms with van der Waals surface area (Å²) in [5.74, 6) is 0.817. The van der Waals surface area contributed by atoms with Crippen molar-refractivity contribution in [2.45, 2.75) is 38.3 Å². The number of anilines is 1. The number of likely N-dealkylation sites (tertiary alicyclic amines) is 1. The van der Waals surface area contributed by atoms with Crippen LogP contribution in [0.3, 0.4) is 0 Å². The number of carbonyl (C=O) groups excluding carboxylic acids is 1. The fraction of sp³-hybridized carbons (Fsp3) is 0.458. The van der Waals surface area contributed by atoms with Gasteiger partial charge in [0, 0.05) is 30.8 Å². The number of hydrogen-bond donors (Lipinski definition) is 1. The second kappa shape index (κ2) is 9.88. The summed E-state index contributed by atoms with van der Waals surface area (Å²) in [6, 6.07) is 11.6. The SMILES string of the molecule is CN(CC1CC(Oc2ccc(CN3CCCC3)c(Cl)c2)C1)C(=O)Nc1cccc(F)c1. The van der Waals surface area contributed by atoms with Crippen molar-refractivity contribution in [3.63, 3.8) is 0 Å². The Hall–Kier alpha value is -2.31. The van der Waals surface area contributed by atoms with Gasteiger partial charge >= 0.3 is 6.03 Å². The summed E-state index contributed by atoms with van der Waals surface area (Å²) in [5.41, 5.74) is 1.60. The highest BCUT2D eigenvalue weighted by Gasteiger charge is 2.32. The summed E-state index contributed by atoms with van der Waals surface area (Å²) in [4.78, 5) is 16.4. The summed E-state index contributed by atoms with van der Waals surface area (Å²) < 4.78 is 19.3. The van der Waals surface area contributed by atoms with Crippen LogP contribution in [0.2, 0.25) is 5.02 Å². The van der Waals surface area contributed by atoms with Crippen LogP contribution in [0.1, 0.15) is 31.2 Å². The van der Waals surface area contributed by atoms with Crippen molar-refractivity contribution in [2.24, 2.45) is 5.92 Å². The number of halogens is 2. The third-order valence-corrected chi connectivity index (χ3v) is 6.42. The zero-order valence-corrected chi connectivity index (χ0v) is 18.6. The van der Waals surface area contributed by atoms with Crippen molar-refractivity contribution in [1.82, 2.24) is 9.80 Å². The van der Waals surface area contributed by atoms with Gasteiger partial charge in [0.2, 0.25) is 0 Å². The van der Waals surface area contributed by atoms with E-state index in [4.69, 9.17) is 16.3 Å². The molecule has 1 aliphatic heterocycles. The molecule has 2 aliphatic rings. The van der Waals surface area contributed by atoms with E-state index in [0.717, 1.165) is 48.8 Å². The van der Waals surface area contributed by atoms with Crippen molar-refractivity contribution in [3.05, 3.63) is 58.9 Å². The first kappa shape index (κ1) is 21.9. The molecule has 166 valence electrons. The molecule has 1 N–H and O–H groups in total. The lowest BCUT2D eigenvalue weighted by Gasteiger charge is -2.37. The van der Waals surface area contributed by atoms with E-state index in [-0.39, 0.29) is 18.0 Å². The van der Waals surface area contributed by atoms with Gasteiger partial charge in [-0.2, -0.15) is 0 Å². The van der Waals surface area contributed by atoms with E-state index in [9.17, 15) is 9.18 Å². The minimum atomic E-state index is -0.372. The topological polar surface area (TPSA) is 44.8 Å². The molecule has 31 heavy (non-hydrogen) atoms. The fourth-order valence-corrected chi connectivity index (χ4v) is 4.51. The molecular weight excluding hydrogens is 417 g/mol. The van der Waals surface area contributed by atoms with E-state index in [1.54, 1.807) is 24.1 Å². The second-order valence-electron chi connectivity index (χ2n) is 8.63. The number of nitrogens with zero attached hydrogens (tertiary/aromatic N) is 2. The Morgan fingerprint density at radius 3 is 2.71 bits per heavy atom. The number of nitrogens with one attached hydrogen (secondary N) is 1. The minimum absolute atomic E-state index is 0.144. The molecular formula is C24H29ClFN3O2. The molecule has 7 heteroatoms. The Morgan fingerprint density at radius 2 is 2.00 bits per heavy atom. The number of amides is 2. The summed E-state index contributed by atoms with van der Waals surface area (Å²) >= 11 is 6.48. The van der Waals surface area contributed by atoms with Gasteiger partial charge in [-0.25, -0.2) is 9.18 Å². The Balaban J connectivity index is 1.20. The Labute approximate surface area is 188 Å². The van der Waals surface area contributed by atoms with Crippen LogP contribution in [0.5, 0.6) is 5.75 Å². The largest absolute Gasteiger partial charge is 0.490 e. The van der Waals surface area contributed by atoms with Crippen LogP contribution in [0.4, 0.5) is 14.9 Å². The zero-order chi connectivity index (χ0) is 21.8. The van der Waals surface area contributed by atoms with Crippen LogP contribution < -0.4 is 10.1 Å². The van der Waals surface area contributed by atoms with Crippen LogP contribution in [0.25, 0.3) is 0 Å². The third-order valence-electron chi connectivity index (χ3n) is 6.07. The summed E-state index contributed by atoms with van der Waals surface area (Å²) in [6.07, 6.45) is 4.47. The van der Waals surface area contributed by atoms with Crippen LogP contribution in [0.15, 0.2) is 42.5 Å². The van der Waals surface area contributed by atoms with Gasteiger partial charge in [0.25, 0.3) is 0 Å². The van der Waals surface area contributed by atoms with E-state index in [1.807, 2.05) is 12.1 Å². The maximum absolute atomic E-state index is 13.3. The Bertz CT molecular complexity index is 913. The summed E-state index contributed by atoms with van der Waals surface area (Å²) in [7, 11) is 1.75. The van der Waals surface area contributed by atoms with E-state index in [2.05, 4.69) is 16.3 Å². The second-order valence-corrected chi connectivity index (χ2v) is 9.04. The number of hydrogen-bond acceptors (Lipinski definition) is 3.